The molecule has 0 radical (unpaired) electrons. The van der Waals surface area contributed by atoms with Crippen LogP contribution in [0.25, 0.3) is 0 Å². The summed E-state index contributed by atoms with van der Waals surface area (Å²) in [5, 5.41) is 0. The third kappa shape index (κ3) is 3.93. The first-order valence-corrected chi connectivity index (χ1v) is 9.22. The van der Waals surface area contributed by atoms with Gasteiger partial charge in [-0.3, -0.25) is 0 Å². The maximum Gasteiger partial charge on any atom is 0.214 e. The van der Waals surface area contributed by atoms with Gasteiger partial charge in [0.2, 0.25) is 10.0 Å². The minimum Gasteiger partial charge on any atom is -0.212 e. The van der Waals surface area contributed by atoms with Crippen LogP contribution in [0.4, 0.5) is 0 Å². The summed E-state index contributed by atoms with van der Waals surface area (Å²) in [6.45, 7) is 1.38. The Morgan fingerprint density at radius 2 is 1.76 bits per heavy atom. The average molecular weight is 324 g/mol. The molecule has 5 heteroatoms. The van der Waals surface area contributed by atoms with Crippen LogP contribution in [0.3, 0.4) is 0 Å². The van der Waals surface area contributed by atoms with E-state index in [1.54, 1.807) is 4.31 Å². The van der Waals surface area contributed by atoms with Gasteiger partial charge in [0.25, 0.3) is 0 Å². The highest BCUT2D eigenvalue weighted by atomic mass is 79.9. The molecule has 2 aliphatic rings. The second-order valence-corrected chi connectivity index (χ2v) is 8.69. The predicted octanol–water partition coefficient (Wildman–Crippen LogP) is 2.76. The minimum atomic E-state index is -3.01. The summed E-state index contributed by atoms with van der Waals surface area (Å²) in [4.78, 5) is 0.345. The van der Waals surface area contributed by atoms with E-state index < -0.39 is 10.0 Å². The van der Waals surface area contributed by atoms with Gasteiger partial charge in [0.1, 0.15) is 0 Å². The molecule has 0 spiro atoms. The lowest BCUT2D eigenvalue weighted by molar-refractivity contribution is 0.339. The fourth-order valence-electron chi connectivity index (χ4n) is 2.90. The summed E-state index contributed by atoms with van der Waals surface area (Å²) in [6.07, 6.45) is 7.98. The molecule has 0 N–H and O–H groups in total. The van der Waals surface area contributed by atoms with E-state index in [4.69, 9.17) is 0 Å². The van der Waals surface area contributed by atoms with Gasteiger partial charge in [-0.05, 0) is 31.6 Å². The van der Waals surface area contributed by atoms with E-state index in [9.17, 15) is 8.42 Å². The molecule has 0 amide bonds. The predicted molar refractivity (Wildman–Crippen MR) is 73.9 cm³/mol. The number of alkyl halides is 1. The van der Waals surface area contributed by atoms with E-state index >= 15 is 0 Å². The highest BCUT2D eigenvalue weighted by Crippen LogP contribution is 2.27. The van der Waals surface area contributed by atoms with Crippen LogP contribution in [0.1, 0.15) is 44.9 Å². The van der Waals surface area contributed by atoms with Crippen LogP contribution in [-0.2, 0) is 10.0 Å². The van der Waals surface area contributed by atoms with Crippen molar-refractivity contribution in [1.29, 1.82) is 0 Å². The van der Waals surface area contributed by atoms with Crippen LogP contribution in [0.5, 0.6) is 0 Å². The SMILES string of the molecule is O=S(=O)(CC1CCCCC1)N1CCCC(Br)C1. The lowest BCUT2D eigenvalue weighted by atomic mass is 9.91. The number of piperidine rings is 1. The molecule has 1 aliphatic heterocycles. The van der Waals surface area contributed by atoms with Crippen LogP contribution in [0.15, 0.2) is 0 Å². The fraction of sp³-hybridized carbons (Fsp3) is 1.00. The van der Waals surface area contributed by atoms with Crippen molar-refractivity contribution in [3.8, 4) is 0 Å². The van der Waals surface area contributed by atoms with Crippen LogP contribution >= 0.6 is 15.9 Å². The maximum atomic E-state index is 12.3. The summed E-state index contributed by atoms with van der Waals surface area (Å²) < 4.78 is 26.3. The number of hydrogen-bond donors (Lipinski definition) is 0. The van der Waals surface area contributed by atoms with E-state index in [0.29, 0.717) is 23.0 Å². The van der Waals surface area contributed by atoms with Gasteiger partial charge in [-0.25, -0.2) is 12.7 Å². The Bertz CT molecular complexity index is 338. The fourth-order valence-corrected chi connectivity index (χ4v) is 5.72. The lowest BCUT2D eigenvalue weighted by Gasteiger charge is -2.31. The van der Waals surface area contributed by atoms with Crippen LogP contribution < -0.4 is 0 Å². The molecule has 0 bridgehead atoms. The Labute approximate surface area is 113 Å². The second kappa shape index (κ2) is 6.02. The molecular formula is C12H22BrNO2S. The van der Waals surface area contributed by atoms with Gasteiger partial charge >= 0.3 is 0 Å². The Hall–Kier alpha value is 0.390. The molecule has 0 aromatic heterocycles. The van der Waals surface area contributed by atoms with Crippen molar-refractivity contribution in [2.24, 2.45) is 5.92 Å². The molecule has 1 heterocycles. The number of nitrogens with zero attached hydrogens (tertiary/aromatic N) is 1. The van der Waals surface area contributed by atoms with E-state index in [1.165, 1.54) is 19.3 Å². The first-order chi connectivity index (χ1) is 8.08. The Balaban J connectivity index is 1.92. The van der Waals surface area contributed by atoms with Gasteiger partial charge in [-0.2, -0.15) is 0 Å². The molecule has 2 fully saturated rings. The van der Waals surface area contributed by atoms with E-state index in [1.807, 2.05) is 0 Å². The zero-order valence-electron chi connectivity index (χ0n) is 10.3. The standard InChI is InChI=1S/C12H22BrNO2S/c13-12-7-4-8-14(9-12)17(15,16)10-11-5-2-1-3-6-11/h11-12H,1-10H2. The van der Waals surface area contributed by atoms with Gasteiger partial charge < -0.3 is 0 Å². The smallest absolute Gasteiger partial charge is 0.212 e. The normalized spacial score (nSPS) is 29.4. The highest BCUT2D eigenvalue weighted by molar-refractivity contribution is 9.09. The van der Waals surface area contributed by atoms with Crippen molar-refractivity contribution in [2.45, 2.75) is 49.8 Å². The van der Waals surface area contributed by atoms with Gasteiger partial charge in [-0.15, -0.1) is 0 Å². The maximum absolute atomic E-state index is 12.3. The van der Waals surface area contributed by atoms with Gasteiger partial charge in [0, 0.05) is 17.9 Å². The molecule has 3 nitrogen and oxygen atoms in total. The van der Waals surface area contributed by atoms with Crippen molar-refractivity contribution >= 4 is 26.0 Å². The number of sulfonamides is 1. The van der Waals surface area contributed by atoms with Crippen LogP contribution in [0, 0.1) is 5.92 Å². The molecule has 1 saturated heterocycles. The summed E-state index contributed by atoms with van der Waals surface area (Å²) >= 11 is 3.54. The quantitative estimate of drug-likeness (QED) is 0.749. The first-order valence-electron chi connectivity index (χ1n) is 6.70. The second-order valence-electron chi connectivity index (χ2n) is 5.38. The molecule has 1 atom stereocenters. The average Bonchev–Trinajstić information content (AvgIpc) is 2.30. The van der Waals surface area contributed by atoms with Gasteiger partial charge in [-0.1, -0.05) is 35.2 Å². The number of halogens is 1. The zero-order chi connectivity index (χ0) is 12.3. The van der Waals surface area contributed by atoms with E-state index in [0.717, 1.165) is 32.2 Å². The topological polar surface area (TPSA) is 37.4 Å². The molecule has 2 rings (SSSR count). The van der Waals surface area contributed by atoms with Crippen molar-refractivity contribution < 1.29 is 8.42 Å². The number of hydrogen-bond acceptors (Lipinski definition) is 2. The molecule has 0 aromatic carbocycles. The largest absolute Gasteiger partial charge is 0.214 e. The Morgan fingerprint density at radius 3 is 2.41 bits per heavy atom. The summed E-state index contributed by atoms with van der Waals surface area (Å²) in [5.74, 6) is 0.789. The van der Waals surface area contributed by atoms with Crippen LogP contribution in [0.2, 0.25) is 0 Å². The molecular weight excluding hydrogens is 302 g/mol. The van der Waals surface area contributed by atoms with Gasteiger partial charge in [0.15, 0.2) is 0 Å². The van der Waals surface area contributed by atoms with Gasteiger partial charge in [0.05, 0.1) is 5.75 Å². The van der Waals surface area contributed by atoms with Crippen LogP contribution in [-0.4, -0.2) is 36.4 Å². The molecule has 17 heavy (non-hydrogen) atoms. The summed E-state index contributed by atoms with van der Waals surface area (Å²) in [6, 6.07) is 0. The van der Waals surface area contributed by atoms with Crippen molar-refractivity contribution in [3.63, 3.8) is 0 Å². The molecule has 1 saturated carbocycles. The lowest BCUT2D eigenvalue weighted by Crippen LogP contribution is -2.42. The zero-order valence-corrected chi connectivity index (χ0v) is 12.7. The molecule has 1 aliphatic carbocycles. The summed E-state index contributed by atoms with van der Waals surface area (Å²) in [7, 11) is -3.01. The Kier molecular flexibility index (Phi) is 4.89. The highest BCUT2D eigenvalue weighted by Gasteiger charge is 2.30. The Morgan fingerprint density at radius 1 is 1.06 bits per heavy atom. The van der Waals surface area contributed by atoms with Crippen molar-refractivity contribution in [3.05, 3.63) is 0 Å². The molecule has 0 aromatic rings. The summed E-state index contributed by atoms with van der Waals surface area (Å²) in [5.41, 5.74) is 0. The van der Waals surface area contributed by atoms with Crippen molar-refractivity contribution in [1.82, 2.24) is 4.31 Å². The third-order valence-electron chi connectivity index (χ3n) is 3.89. The van der Waals surface area contributed by atoms with E-state index in [2.05, 4.69) is 15.9 Å². The van der Waals surface area contributed by atoms with Crippen molar-refractivity contribution in [2.75, 3.05) is 18.8 Å². The minimum absolute atomic E-state index is 0.345. The number of rotatable bonds is 3. The molecule has 100 valence electrons. The monoisotopic (exact) mass is 323 g/mol. The molecule has 1 unspecified atom stereocenters. The third-order valence-corrected chi connectivity index (χ3v) is 6.65. The first kappa shape index (κ1) is 13.8. The van der Waals surface area contributed by atoms with E-state index in [-0.39, 0.29) is 0 Å².